The van der Waals surface area contributed by atoms with Gasteiger partial charge in [-0.15, -0.1) is 0 Å². The van der Waals surface area contributed by atoms with E-state index >= 15 is 0 Å². The van der Waals surface area contributed by atoms with Gasteiger partial charge in [0.2, 0.25) is 0 Å². The van der Waals surface area contributed by atoms with E-state index in [0.29, 0.717) is 6.54 Å². The molecule has 0 unspecified atom stereocenters. The first-order valence-corrected chi connectivity index (χ1v) is 6.94. The van der Waals surface area contributed by atoms with Gasteiger partial charge in [-0.1, -0.05) is 30.3 Å². The van der Waals surface area contributed by atoms with E-state index in [2.05, 4.69) is 0 Å². The Balaban J connectivity index is 1.89. The number of hydrogen-bond donors (Lipinski definition) is 2. The van der Waals surface area contributed by atoms with E-state index in [4.69, 9.17) is 4.74 Å². The molecule has 0 bridgehead atoms. The molecule has 2 N–H and O–H groups in total. The zero-order valence-corrected chi connectivity index (χ0v) is 12.6. The first-order chi connectivity index (χ1) is 11.0. The SMILES string of the molecule is CN(Cc1ccccc1)C(=O)COC(=O)c1ccc(O)cc1O. The fourth-order valence-corrected chi connectivity index (χ4v) is 1.95. The second-order valence-electron chi connectivity index (χ2n) is 5.01. The number of carbonyl (C=O) groups is 2. The highest BCUT2D eigenvalue weighted by Crippen LogP contribution is 2.23. The zero-order valence-electron chi connectivity index (χ0n) is 12.6. The van der Waals surface area contributed by atoms with Gasteiger partial charge in [0.15, 0.2) is 6.61 Å². The molecular formula is C17H17NO5. The molecule has 1 amide bonds. The number of likely N-dealkylation sites (N-methyl/N-ethyl adjacent to an activating group) is 1. The Bertz CT molecular complexity index is 699. The van der Waals surface area contributed by atoms with Crippen molar-refractivity contribution in [1.29, 1.82) is 0 Å². The smallest absolute Gasteiger partial charge is 0.342 e. The molecule has 0 radical (unpaired) electrons. The second kappa shape index (κ2) is 7.31. The van der Waals surface area contributed by atoms with Gasteiger partial charge in [0.05, 0.1) is 0 Å². The van der Waals surface area contributed by atoms with Crippen LogP contribution in [0.1, 0.15) is 15.9 Å². The number of hydrogen-bond acceptors (Lipinski definition) is 5. The van der Waals surface area contributed by atoms with Crippen LogP contribution < -0.4 is 0 Å². The van der Waals surface area contributed by atoms with Gasteiger partial charge in [-0.25, -0.2) is 4.79 Å². The molecule has 2 rings (SSSR count). The van der Waals surface area contributed by atoms with Crippen LogP contribution in [-0.4, -0.2) is 40.6 Å². The van der Waals surface area contributed by atoms with Crippen LogP contribution >= 0.6 is 0 Å². The lowest BCUT2D eigenvalue weighted by Crippen LogP contribution is -2.30. The molecule has 0 fully saturated rings. The van der Waals surface area contributed by atoms with Crippen LogP contribution in [0.25, 0.3) is 0 Å². The third-order valence-electron chi connectivity index (χ3n) is 3.22. The van der Waals surface area contributed by atoms with Crippen LogP contribution in [-0.2, 0) is 16.1 Å². The molecule has 0 saturated heterocycles. The Labute approximate surface area is 133 Å². The maximum Gasteiger partial charge on any atom is 0.342 e. The minimum atomic E-state index is -0.830. The molecule has 23 heavy (non-hydrogen) atoms. The Hall–Kier alpha value is -3.02. The third-order valence-corrected chi connectivity index (χ3v) is 3.22. The first kappa shape index (κ1) is 16.4. The molecule has 0 aliphatic heterocycles. The largest absolute Gasteiger partial charge is 0.508 e. The number of carbonyl (C=O) groups excluding carboxylic acids is 2. The van der Waals surface area contributed by atoms with Gasteiger partial charge in [-0.05, 0) is 17.7 Å². The Morgan fingerprint density at radius 1 is 1.09 bits per heavy atom. The summed E-state index contributed by atoms with van der Waals surface area (Å²) < 4.78 is 4.90. The lowest BCUT2D eigenvalue weighted by molar-refractivity contribution is -0.133. The molecule has 0 aliphatic rings. The number of phenolic OH excluding ortho intramolecular Hbond substituents is 2. The van der Waals surface area contributed by atoms with Crippen molar-refractivity contribution in [2.75, 3.05) is 13.7 Å². The average Bonchev–Trinajstić information content (AvgIpc) is 2.53. The minimum Gasteiger partial charge on any atom is -0.508 e. The Morgan fingerprint density at radius 2 is 1.78 bits per heavy atom. The fraction of sp³-hybridized carbons (Fsp3) is 0.176. The Kier molecular flexibility index (Phi) is 5.19. The summed E-state index contributed by atoms with van der Waals surface area (Å²) >= 11 is 0. The molecule has 2 aromatic rings. The lowest BCUT2D eigenvalue weighted by atomic mass is 10.2. The summed E-state index contributed by atoms with van der Waals surface area (Å²) in [5.41, 5.74) is 0.854. The normalized spacial score (nSPS) is 10.1. The van der Waals surface area contributed by atoms with E-state index in [1.165, 1.54) is 17.0 Å². The topological polar surface area (TPSA) is 87.1 Å². The standard InChI is InChI=1S/C17H17NO5/c1-18(10-12-5-3-2-4-6-12)16(21)11-23-17(22)14-8-7-13(19)9-15(14)20/h2-9,19-20H,10-11H2,1H3. The number of aromatic hydroxyl groups is 2. The van der Waals surface area contributed by atoms with Crippen molar-refractivity contribution in [2.24, 2.45) is 0 Å². The number of amides is 1. The molecule has 0 aromatic heterocycles. The summed E-state index contributed by atoms with van der Waals surface area (Å²) in [4.78, 5) is 25.2. The number of phenols is 2. The first-order valence-electron chi connectivity index (χ1n) is 6.94. The Morgan fingerprint density at radius 3 is 2.43 bits per heavy atom. The summed E-state index contributed by atoms with van der Waals surface area (Å²) in [6.07, 6.45) is 0. The molecule has 0 atom stereocenters. The summed E-state index contributed by atoms with van der Waals surface area (Å²) in [5, 5.41) is 18.8. The van der Waals surface area contributed by atoms with E-state index in [9.17, 15) is 19.8 Å². The van der Waals surface area contributed by atoms with Crippen LogP contribution in [0.15, 0.2) is 48.5 Å². The maximum absolute atomic E-state index is 12.0. The predicted octanol–water partition coefficient (Wildman–Crippen LogP) is 1.91. The van der Waals surface area contributed by atoms with Crippen molar-refractivity contribution in [1.82, 2.24) is 4.90 Å². The van der Waals surface area contributed by atoms with Gasteiger partial charge >= 0.3 is 5.97 Å². The van der Waals surface area contributed by atoms with E-state index in [0.717, 1.165) is 11.6 Å². The molecule has 0 heterocycles. The summed E-state index contributed by atoms with van der Waals surface area (Å²) in [5.74, 6) is -1.76. The van der Waals surface area contributed by atoms with Crippen LogP contribution in [0.5, 0.6) is 11.5 Å². The molecule has 2 aromatic carbocycles. The van der Waals surface area contributed by atoms with Crippen molar-refractivity contribution in [3.63, 3.8) is 0 Å². The highest BCUT2D eigenvalue weighted by molar-refractivity contribution is 5.94. The predicted molar refractivity (Wildman–Crippen MR) is 83.0 cm³/mol. The third kappa shape index (κ3) is 4.47. The monoisotopic (exact) mass is 315 g/mol. The van der Waals surface area contributed by atoms with Crippen LogP contribution in [0.4, 0.5) is 0 Å². The number of ether oxygens (including phenoxy) is 1. The quantitative estimate of drug-likeness (QED) is 0.823. The van der Waals surface area contributed by atoms with Gasteiger partial charge in [-0.3, -0.25) is 4.79 Å². The van der Waals surface area contributed by atoms with E-state index < -0.39 is 18.3 Å². The molecule has 0 aliphatic carbocycles. The molecule has 0 spiro atoms. The van der Waals surface area contributed by atoms with Crippen LogP contribution in [0.2, 0.25) is 0 Å². The maximum atomic E-state index is 12.0. The summed E-state index contributed by atoms with van der Waals surface area (Å²) in [7, 11) is 1.61. The molecule has 120 valence electrons. The fourth-order valence-electron chi connectivity index (χ4n) is 1.95. The number of benzene rings is 2. The number of rotatable bonds is 5. The van der Waals surface area contributed by atoms with E-state index in [1.54, 1.807) is 7.05 Å². The van der Waals surface area contributed by atoms with Crippen molar-refractivity contribution < 1.29 is 24.5 Å². The van der Waals surface area contributed by atoms with Crippen LogP contribution in [0, 0.1) is 0 Å². The van der Waals surface area contributed by atoms with E-state index in [1.807, 2.05) is 30.3 Å². The highest BCUT2D eigenvalue weighted by Gasteiger charge is 2.16. The average molecular weight is 315 g/mol. The molecular weight excluding hydrogens is 298 g/mol. The van der Waals surface area contributed by atoms with Crippen LogP contribution in [0.3, 0.4) is 0 Å². The van der Waals surface area contributed by atoms with Crippen molar-refractivity contribution >= 4 is 11.9 Å². The molecule has 6 heteroatoms. The van der Waals surface area contributed by atoms with Crippen molar-refractivity contribution in [3.05, 3.63) is 59.7 Å². The lowest BCUT2D eigenvalue weighted by Gasteiger charge is -2.17. The molecule has 0 saturated carbocycles. The number of esters is 1. The summed E-state index contributed by atoms with van der Waals surface area (Å²) in [6, 6.07) is 12.9. The van der Waals surface area contributed by atoms with Gasteiger partial charge < -0.3 is 19.8 Å². The van der Waals surface area contributed by atoms with E-state index in [-0.39, 0.29) is 17.2 Å². The summed E-state index contributed by atoms with van der Waals surface area (Å²) in [6.45, 7) is -0.0236. The minimum absolute atomic E-state index is 0.110. The number of nitrogens with zero attached hydrogens (tertiary/aromatic N) is 1. The van der Waals surface area contributed by atoms with Gasteiger partial charge in [-0.2, -0.15) is 0 Å². The van der Waals surface area contributed by atoms with Gasteiger partial charge in [0, 0.05) is 19.7 Å². The van der Waals surface area contributed by atoms with Crippen molar-refractivity contribution in [2.45, 2.75) is 6.54 Å². The van der Waals surface area contributed by atoms with Crippen molar-refractivity contribution in [3.8, 4) is 11.5 Å². The molecule has 6 nitrogen and oxygen atoms in total. The highest BCUT2D eigenvalue weighted by atomic mass is 16.5. The van der Waals surface area contributed by atoms with Gasteiger partial charge in [0.25, 0.3) is 5.91 Å². The van der Waals surface area contributed by atoms with Gasteiger partial charge in [0.1, 0.15) is 17.1 Å². The zero-order chi connectivity index (χ0) is 16.8. The second-order valence-corrected chi connectivity index (χ2v) is 5.01.